The van der Waals surface area contributed by atoms with Crippen LogP contribution in [-0.2, 0) is 9.84 Å². The van der Waals surface area contributed by atoms with Crippen LogP contribution in [0, 0.1) is 5.92 Å². The Labute approximate surface area is 109 Å². The summed E-state index contributed by atoms with van der Waals surface area (Å²) in [5.74, 6) is 1.58. The van der Waals surface area contributed by atoms with Gasteiger partial charge in [0.15, 0.2) is 15.0 Å². The molecule has 17 heavy (non-hydrogen) atoms. The molecule has 1 aliphatic heterocycles. The molecule has 0 aromatic carbocycles. The molecule has 1 fully saturated rings. The van der Waals surface area contributed by atoms with Crippen molar-refractivity contribution in [2.75, 3.05) is 18.6 Å². The van der Waals surface area contributed by atoms with Gasteiger partial charge in [-0.05, 0) is 19.8 Å². The Morgan fingerprint density at radius 3 is 2.53 bits per heavy atom. The van der Waals surface area contributed by atoms with E-state index >= 15 is 0 Å². The van der Waals surface area contributed by atoms with Crippen molar-refractivity contribution in [2.24, 2.45) is 10.9 Å². The summed E-state index contributed by atoms with van der Waals surface area (Å²) in [5, 5.41) is 4.21. The summed E-state index contributed by atoms with van der Waals surface area (Å²) in [6, 6.07) is 0.445. The Hall–Kier alpha value is -0.230. The SMILES string of the molecule is CC(C)[C@H]1CSC(=NCC(C)(C)S(C)(=O)=O)N1. The standard InChI is InChI=1S/C11H22N2O2S2/c1-8(2)9-6-16-10(13-9)12-7-11(3,4)17(5,14)15/h8-9H,6-7H2,1-5H3,(H,12,13)/t9-/m1/s1. The fourth-order valence-electron chi connectivity index (χ4n) is 1.24. The van der Waals surface area contributed by atoms with E-state index in [4.69, 9.17) is 0 Å². The summed E-state index contributed by atoms with van der Waals surface area (Å²) >= 11 is 1.67. The monoisotopic (exact) mass is 278 g/mol. The quantitative estimate of drug-likeness (QED) is 0.847. The average molecular weight is 278 g/mol. The highest BCUT2D eigenvalue weighted by Crippen LogP contribution is 2.21. The second kappa shape index (κ2) is 5.18. The van der Waals surface area contributed by atoms with Gasteiger partial charge < -0.3 is 5.32 Å². The maximum Gasteiger partial charge on any atom is 0.156 e. The molecule has 6 heteroatoms. The van der Waals surface area contributed by atoms with Crippen molar-refractivity contribution in [2.45, 2.75) is 38.5 Å². The normalized spacial score (nSPS) is 24.4. The molecule has 0 aromatic heterocycles. The van der Waals surface area contributed by atoms with Gasteiger partial charge in [0.2, 0.25) is 0 Å². The van der Waals surface area contributed by atoms with E-state index in [-0.39, 0.29) is 0 Å². The van der Waals surface area contributed by atoms with Gasteiger partial charge in [-0.1, -0.05) is 25.6 Å². The van der Waals surface area contributed by atoms with Crippen molar-refractivity contribution in [3.63, 3.8) is 0 Å². The number of hydrogen-bond donors (Lipinski definition) is 1. The summed E-state index contributed by atoms with van der Waals surface area (Å²) in [7, 11) is -3.07. The Balaban J connectivity index is 2.63. The largest absolute Gasteiger partial charge is 0.361 e. The van der Waals surface area contributed by atoms with Crippen molar-refractivity contribution >= 4 is 26.8 Å². The third-order valence-corrected chi connectivity index (χ3v) is 6.30. The van der Waals surface area contributed by atoms with Gasteiger partial charge in [0.1, 0.15) is 0 Å². The van der Waals surface area contributed by atoms with Gasteiger partial charge in [0.25, 0.3) is 0 Å². The lowest BCUT2D eigenvalue weighted by Crippen LogP contribution is -2.36. The minimum Gasteiger partial charge on any atom is -0.361 e. The van der Waals surface area contributed by atoms with Crippen LogP contribution in [-0.4, -0.2) is 42.9 Å². The third kappa shape index (κ3) is 3.88. The van der Waals surface area contributed by atoms with Crippen molar-refractivity contribution in [1.29, 1.82) is 0 Å². The van der Waals surface area contributed by atoms with Crippen LogP contribution in [0.2, 0.25) is 0 Å². The van der Waals surface area contributed by atoms with E-state index in [2.05, 4.69) is 24.2 Å². The summed E-state index contributed by atoms with van der Waals surface area (Å²) in [5.41, 5.74) is 0. The molecule has 0 aromatic rings. The maximum atomic E-state index is 11.5. The molecule has 0 unspecified atom stereocenters. The summed E-state index contributed by atoms with van der Waals surface area (Å²) in [6.45, 7) is 8.08. The Bertz CT molecular complexity index is 400. The van der Waals surface area contributed by atoms with Crippen LogP contribution in [0.3, 0.4) is 0 Å². The van der Waals surface area contributed by atoms with E-state index in [1.165, 1.54) is 6.26 Å². The lowest BCUT2D eigenvalue weighted by Gasteiger charge is -2.20. The van der Waals surface area contributed by atoms with Crippen LogP contribution >= 0.6 is 11.8 Å². The van der Waals surface area contributed by atoms with E-state index in [0.29, 0.717) is 18.5 Å². The fourth-order valence-corrected chi connectivity index (χ4v) is 2.74. The lowest BCUT2D eigenvalue weighted by atomic mass is 10.1. The van der Waals surface area contributed by atoms with Crippen molar-refractivity contribution in [3.05, 3.63) is 0 Å². The molecule has 1 rings (SSSR count). The number of aliphatic imine (C=N–C) groups is 1. The highest BCUT2D eigenvalue weighted by atomic mass is 32.2. The molecule has 0 radical (unpaired) electrons. The van der Waals surface area contributed by atoms with Gasteiger partial charge in [-0.15, -0.1) is 0 Å². The summed E-state index contributed by atoms with van der Waals surface area (Å²) < 4.78 is 22.3. The molecule has 0 aliphatic carbocycles. The first-order valence-corrected chi connectivity index (χ1v) is 8.64. The average Bonchev–Trinajstić information content (AvgIpc) is 2.61. The number of nitrogens with zero attached hydrogens (tertiary/aromatic N) is 1. The highest BCUT2D eigenvalue weighted by Gasteiger charge is 2.31. The van der Waals surface area contributed by atoms with E-state index in [1.54, 1.807) is 25.6 Å². The molecule has 4 nitrogen and oxygen atoms in total. The highest BCUT2D eigenvalue weighted by molar-refractivity contribution is 8.14. The van der Waals surface area contributed by atoms with Crippen molar-refractivity contribution < 1.29 is 8.42 Å². The number of sulfone groups is 1. The molecular formula is C11H22N2O2S2. The molecule has 1 aliphatic rings. The fraction of sp³-hybridized carbons (Fsp3) is 0.909. The Kier molecular flexibility index (Phi) is 4.52. The van der Waals surface area contributed by atoms with Gasteiger partial charge in [-0.25, -0.2) is 8.42 Å². The molecular weight excluding hydrogens is 256 g/mol. The number of thioether (sulfide) groups is 1. The van der Waals surface area contributed by atoms with Gasteiger partial charge >= 0.3 is 0 Å². The molecule has 0 spiro atoms. The predicted molar refractivity (Wildman–Crippen MR) is 75.4 cm³/mol. The number of nitrogens with one attached hydrogen (secondary N) is 1. The lowest BCUT2D eigenvalue weighted by molar-refractivity contribution is 0.502. The van der Waals surface area contributed by atoms with Gasteiger partial charge in [0, 0.05) is 18.1 Å². The zero-order valence-corrected chi connectivity index (χ0v) is 12.8. The minimum atomic E-state index is -3.07. The summed E-state index contributed by atoms with van der Waals surface area (Å²) in [4.78, 5) is 4.38. The van der Waals surface area contributed by atoms with Gasteiger partial charge in [-0.3, -0.25) is 4.99 Å². The zero-order chi connectivity index (χ0) is 13.3. The van der Waals surface area contributed by atoms with Gasteiger partial charge in [0.05, 0.1) is 11.3 Å². The third-order valence-electron chi connectivity index (χ3n) is 3.12. The van der Waals surface area contributed by atoms with E-state index < -0.39 is 14.6 Å². The Morgan fingerprint density at radius 2 is 2.12 bits per heavy atom. The molecule has 0 amide bonds. The second-order valence-corrected chi connectivity index (χ2v) is 9.12. The van der Waals surface area contributed by atoms with Crippen LogP contribution in [0.15, 0.2) is 4.99 Å². The first kappa shape index (κ1) is 14.8. The topological polar surface area (TPSA) is 58.5 Å². The van der Waals surface area contributed by atoms with E-state index in [0.717, 1.165) is 10.9 Å². The Morgan fingerprint density at radius 1 is 1.53 bits per heavy atom. The smallest absolute Gasteiger partial charge is 0.156 e. The van der Waals surface area contributed by atoms with E-state index in [9.17, 15) is 8.42 Å². The van der Waals surface area contributed by atoms with Crippen LogP contribution in [0.25, 0.3) is 0 Å². The van der Waals surface area contributed by atoms with Gasteiger partial charge in [-0.2, -0.15) is 0 Å². The molecule has 100 valence electrons. The molecule has 1 N–H and O–H groups in total. The van der Waals surface area contributed by atoms with Crippen LogP contribution in [0.5, 0.6) is 0 Å². The second-order valence-electron chi connectivity index (χ2n) is 5.46. The van der Waals surface area contributed by atoms with Crippen LogP contribution < -0.4 is 5.32 Å². The summed E-state index contributed by atoms with van der Waals surface area (Å²) in [6.07, 6.45) is 1.26. The maximum absolute atomic E-state index is 11.5. The number of rotatable bonds is 4. The minimum absolute atomic E-state index is 0.311. The molecule has 0 saturated carbocycles. The van der Waals surface area contributed by atoms with Crippen molar-refractivity contribution in [3.8, 4) is 0 Å². The van der Waals surface area contributed by atoms with E-state index in [1.807, 2.05) is 0 Å². The predicted octanol–water partition coefficient (Wildman–Crippen LogP) is 1.53. The first-order chi connectivity index (χ1) is 7.63. The number of hydrogen-bond acceptors (Lipinski definition) is 4. The molecule has 1 atom stereocenters. The number of amidine groups is 1. The zero-order valence-electron chi connectivity index (χ0n) is 11.1. The van der Waals surface area contributed by atoms with Crippen LogP contribution in [0.4, 0.5) is 0 Å². The molecule has 0 bridgehead atoms. The molecule has 1 heterocycles. The van der Waals surface area contributed by atoms with Crippen molar-refractivity contribution in [1.82, 2.24) is 5.32 Å². The first-order valence-electron chi connectivity index (χ1n) is 5.77. The van der Waals surface area contributed by atoms with Crippen LogP contribution in [0.1, 0.15) is 27.7 Å². The molecule has 1 saturated heterocycles.